The molecule has 1 aliphatic rings. The van der Waals surface area contributed by atoms with Crippen LogP contribution in [0, 0.1) is 0 Å². The summed E-state index contributed by atoms with van der Waals surface area (Å²) in [6.07, 6.45) is 1.62. The van der Waals surface area contributed by atoms with E-state index in [1.165, 1.54) is 4.68 Å². The molecule has 1 N–H and O–H groups in total. The van der Waals surface area contributed by atoms with E-state index in [4.69, 9.17) is 0 Å². The molecule has 0 atom stereocenters. The molecule has 0 bridgehead atoms. The molecule has 1 fully saturated rings. The molecule has 2 aromatic carbocycles. The SMILES string of the molecule is CCN1CCN(c2ccccc2NC(=O)Cn2ncc3ccccc3c2=O)CC1. The summed E-state index contributed by atoms with van der Waals surface area (Å²) >= 11 is 0. The number of likely N-dealkylation sites (N-methyl/N-ethyl adjacent to an activating group) is 1. The molecule has 4 rings (SSSR count). The molecule has 3 aromatic rings. The monoisotopic (exact) mass is 391 g/mol. The molecule has 2 heterocycles. The number of aromatic nitrogens is 2. The summed E-state index contributed by atoms with van der Waals surface area (Å²) < 4.78 is 1.21. The molecule has 0 aliphatic carbocycles. The Balaban J connectivity index is 1.50. The first-order valence-electron chi connectivity index (χ1n) is 9.97. The number of benzene rings is 2. The van der Waals surface area contributed by atoms with E-state index in [1.807, 2.05) is 42.5 Å². The van der Waals surface area contributed by atoms with Crippen molar-refractivity contribution in [3.8, 4) is 0 Å². The van der Waals surface area contributed by atoms with Gasteiger partial charge in [-0.2, -0.15) is 5.10 Å². The van der Waals surface area contributed by atoms with Gasteiger partial charge in [0.1, 0.15) is 6.54 Å². The second-order valence-electron chi connectivity index (χ2n) is 7.18. The summed E-state index contributed by atoms with van der Waals surface area (Å²) in [6, 6.07) is 15.1. The van der Waals surface area contributed by atoms with Crippen molar-refractivity contribution in [2.75, 3.05) is 42.9 Å². The Bertz CT molecular complexity index is 1070. The number of piperazine rings is 1. The number of fused-ring (bicyclic) bond motifs is 1. The number of anilines is 2. The van der Waals surface area contributed by atoms with Crippen molar-refractivity contribution in [2.24, 2.45) is 0 Å². The Labute approximate surface area is 169 Å². The minimum absolute atomic E-state index is 0.123. The third-order valence-electron chi connectivity index (χ3n) is 5.39. The van der Waals surface area contributed by atoms with Gasteiger partial charge in [0.2, 0.25) is 5.91 Å². The Morgan fingerprint density at radius 2 is 1.76 bits per heavy atom. The van der Waals surface area contributed by atoms with Gasteiger partial charge < -0.3 is 15.1 Å². The van der Waals surface area contributed by atoms with Crippen LogP contribution in [0.3, 0.4) is 0 Å². The zero-order chi connectivity index (χ0) is 20.2. The highest BCUT2D eigenvalue weighted by molar-refractivity contribution is 5.94. The maximum Gasteiger partial charge on any atom is 0.275 e. The zero-order valence-corrected chi connectivity index (χ0v) is 16.5. The van der Waals surface area contributed by atoms with E-state index in [2.05, 4.69) is 27.1 Å². The minimum atomic E-state index is -0.269. The molecule has 1 aliphatic heterocycles. The highest BCUT2D eigenvalue weighted by atomic mass is 16.2. The van der Waals surface area contributed by atoms with Crippen molar-refractivity contribution in [1.82, 2.24) is 14.7 Å². The summed E-state index contributed by atoms with van der Waals surface area (Å²) in [7, 11) is 0. The third-order valence-corrected chi connectivity index (χ3v) is 5.39. The highest BCUT2D eigenvalue weighted by Crippen LogP contribution is 2.26. The number of rotatable bonds is 5. The number of nitrogens with zero attached hydrogens (tertiary/aromatic N) is 4. The van der Waals surface area contributed by atoms with E-state index in [9.17, 15) is 9.59 Å². The van der Waals surface area contributed by atoms with E-state index in [0.717, 1.165) is 49.5 Å². The molecule has 7 heteroatoms. The molecule has 1 aromatic heterocycles. The van der Waals surface area contributed by atoms with Crippen LogP contribution in [0.15, 0.2) is 59.5 Å². The molecule has 0 spiro atoms. The summed E-state index contributed by atoms with van der Waals surface area (Å²) in [5.74, 6) is -0.269. The molecule has 0 radical (unpaired) electrons. The Morgan fingerprint density at radius 3 is 2.55 bits per heavy atom. The smallest absolute Gasteiger partial charge is 0.275 e. The quantitative estimate of drug-likeness (QED) is 0.722. The molecule has 7 nitrogen and oxygen atoms in total. The first-order valence-corrected chi connectivity index (χ1v) is 9.97. The summed E-state index contributed by atoms with van der Waals surface area (Å²) in [6.45, 7) is 6.97. The third kappa shape index (κ3) is 4.14. The van der Waals surface area contributed by atoms with Crippen LogP contribution in [0.1, 0.15) is 6.92 Å². The Hall–Kier alpha value is -3.19. The van der Waals surface area contributed by atoms with Gasteiger partial charge in [-0.05, 0) is 24.7 Å². The van der Waals surface area contributed by atoms with Crippen molar-refractivity contribution in [3.05, 3.63) is 65.1 Å². The first-order chi connectivity index (χ1) is 14.2. The lowest BCUT2D eigenvalue weighted by molar-refractivity contribution is -0.117. The van der Waals surface area contributed by atoms with Crippen molar-refractivity contribution in [1.29, 1.82) is 0 Å². The van der Waals surface area contributed by atoms with Gasteiger partial charge in [0.15, 0.2) is 0 Å². The number of carbonyl (C=O) groups excluding carboxylic acids is 1. The fourth-order valence-electron chi connectivity index (χ4n) is 3.73. The number of hydrogen-bond donors (Lipinski definition) is 1. The van der Waals surface area contributed by atoms with Crippen LogP contribution in [-0.4, -0.2) is 53.3 Å². The fraction of sp³-hybridized carbons (Fsp3) is 0.318. The average Bonchev–Trinajstić information content (AvgIpc) is 2.76. The maximum absolute atomic E-state index is 12.7. The minimum Gasteiger partial charge on any atom is -0.367 e. The molecular formula is C22H25N5O2. The molecule has 0 saturated carbocycles. The van der Waals surface area contributed by atoms with Crippen LogP contribution in [0.2, 0.25) is 0 Å². The van der Waals surface area contributed by atoms with Crippen LogP contribution >= 0.6 is 0 Å². The van der Waals surface area contributed by atoms with Gasteiger partial charge in [0, 0.05) is 31.6 Å². The normalized spacial score (nSPS) is 14.9. The summed E-state index contributed by atoms with van der Waals surface area (Å²) in [4.78, 5) is 30.0. The van der Waals surface area contributed by atoms with Gasteiger partial charge in [-0.15, -0.1) is 0 Å². The standard InChI is InChI=1S/C22H25N5O2/c1-2-25-11-13-26(14-12-25)20-10-6-5-9-19(20)24-21(28)16-27-22(29)18-8-4-3-7-17(18)15-23-27/h3-10,15H,2,11-14,16H2,1H3,(H,24,28). The number of carbonyl (C=O) groups is 1. The predicted octanol–water partition coefficient (Wildman–Crippen LogP) is 2.18. The van der Waals surface area contributed by atoms with E-state index in [1.54, 1.807) is 12.3 Å². The van der Waals surface area contributed by atoms with Crippen molar-refractivity contribution in [2.45, 2.75) is 13.5 Å². The predicted molar refractivity (Wildman–Crippen MR) is 115 cm³/mol. The lowest BCUT2D eigenvalue weighted by Gasteiger charge is -2.36. The number of nitrogens with one attached hydrogen (secondary N) is 1. The van der Waals surface area contributed by atoms with Gasteiger partial charge in [-0.25, -0.2) is 4.68 Å². The van der Waals surface area contributed by atoms with E-state index < -0.39 is 0 Å². The van der Waals surface area contributed by atoms with Crippen molar-refractivity contribution in [3.63, 3.8) is 0 Å². The van der Waals surface area contributed by atoms with Crippen molar-refractivity contribution >= 4 is 28.1 Å². The molecule has 29 heavy (non-hydrogen) atoms. The number of amides is 1. The van der Waals surface area contributed by atoms with Crippen LogP contribution in [0.5, 0.6) is 0 Å². The average molecular weight is 391 g/mol. The first kappa shape index (κ1) is 19.1. The topological polar surface area (TPSA) is 70.5 Å². The van der Waals surface area contributed by atoms with Crippen molar-refractivity contribution < 1.29 is 4.79 Å². The fourth-order valence-corrected chi connectivity index (χ4v) is 3.73. The van der Waals surface area contributed by atoms with E-state index in [0.29, 0.717) is 5.39 Å². The lowest BCUT2D eigenvalue weighted by Crippen LogP contribution is -2.46. The van der Waals surface area contributed by atoms with Gasteiger partial charge in [-0.3, -0.25) is 9.59 Å². The summed E-state index contributed by atoms with van der Waals surface area (Å²) in [5, 5.41) is 8.44. The zero-order valence-electron chi connectivity index (χ0n) is 16.5. The van der Waals surface area contributed by atoms with Crippen LogP contribution in [0.25, 0.3) is 10.8 Å². The number of hydrogen-bond acceptors (Lipinski definition) is 5. The van der Waals surface area contributed by atoms with Gasteiger partial charge in [0.25, 0.3) is 5.56 Å². The largest absolute Gasteiger partial charge is 0.367 e. The van der Waals surface area contributed by atoms with Gasteiger partial charge in [-0.1, -0.05) is 37.3 Å². The second kappa shape index (κ2) is 8.45. The Kier molecular flexibility index (Phi) is 5.57. The van der Waals surface area contributed by atoms with Gasteiger partial charge >= 0.3 is 0 Å². The van der Waals surface area contributed by atoms with Gasteiger partial charge in [0.05, 0.1) is 23.0 Å². The lowest BCUT2D eigenvalue weighted by atomic mass is 10.2. The molecular weight excluding hydrogens is 366 g/mol. The Morgan fingerprint density at radius 1 is 1.03 bits per heavy atom. The second-order valence-corrected chi connectivity index (χ2v) is 7.18. The molecule has 150 valence electrons. The molecule has 0 unspecified atom stereocenters. The molecule has 1 saturated heterocycles. The van der Waals surface area contributed by atoms with Crippen LogP contribution in [0.4, 0.5) is 11.4 Å². The maximum atomic E-state index is 12.7. The van der Waals surface area contributed by atoms with Crippen LogP contribution < -0.4 is 15.8 Å². The summed E-state index contributed by atoms with van der Waals surface area (Å²) in [5.41, 5.74) is 1.51. The van der Waals surface area contributed by atoms with E-state index in [-0.39, 0.29) is 18.0 Å². The molecule has 1 amide bonds. The number of para-hydroxylation sites is 2. The van der Waals surface area contributed by atoms with Crippen LogP contribution in [-0.2, 0) is 11.3 Å². The highest BCUT2D eigenvalue weighted by Gasteiger charge is 2.19. The van der Waals surface area contributed by atoms with E-state index >= 15 is 0 Å².